The van der Waals surface area contributed by atoms with Gasteiger partial charge < -0.3 is 15.8 Å². The van der Waals surface area contributed by atoms with E-state index in [2.05, 4.69) is 10.3 Å². The van der Waals surface area contributed by atoms with Crippen LogP contribution in [0.25, 0.3) is 5.69 Å². The van der Waals surface area contributed by atoms with Crippen LogP contribution in [-0.2, 0) is 9.59 Å². The van der Waals surface area contributed by atoms with Gasteiger partial charge >= 0.3 is 0 Å². The van der Waals surface area contributed by atoms with E-state index in [9.17, 15) is 18.4 Å². The van der Waals surface area contributed by atoms with Crippen molar-refractivity contribution in [3.63, 3.8) is 0 Å². The number of ether oxygens (including phenoxy) is 1. The minimum atomic E-state index is -0.640. The Bertz CT molecular complexity index is 1100. The third-order valence-corrected chi connectivity index (χ3v) is 4.60. The normalized spacial score (nSPS) is 15.5. The molecule has 0 fully saturated rings. The van der Waals surface area contributed by atoms with E-state index in [-0.39, 0.29) is 30.5 Å². The number of fused-ring (bicyclic) bond motifs is 1. The zero-order valence-electron chi connectivity index (χ0n) is 15.1. The highest BCUT2D eigenvalue weighted by atomic mass is 19.1. The van der Waals surface area contributed by atoms with E-state index in [1.165, 1.54) is 10.9 Å². The molecule has 1 atom stereocenters. The molecule has 0 aliphatic carbocycles. The van der Waals surface area contributed by atoms with E-state index in [1.807, 2.05) is 0 Å². The SMILES string of the molecule is NC(=O)COc1ccc(C2CC(=O)Nc3c2ncn3-c2cc(F)ccc2F)cc1. The van der Waals surface area contributed by atoms with Crippen LogP contribution in [0, 0.1) is 11.6 Å². The molecule has 3 aromatic rings. The van der Waals surface area contributed by atoms with Gasteiger partial charge in [-0.05, 0) is 29.8 Å². The fourth-order valence-corrected chi connectivity index (χ4v) is 3.29. The van der Waals surface area contributed by atoms with Gasteiger partial charge in [-0.25, -0.2) is 13.8 Å². The van der Waals surface area contributed by atoms with Crippen molar-refractivity contribution in [2.24, 2.45) is 5.73 Å². The quantitative estimate of drug-likeness (QED) is 0.690. The molecular formula is C20H16F2N4O3. The number of nitrogens with zero attached hydrogens (tertiary/aromatic N) is 2. The average Bonchev–Trinajstić information content (AvgIpc) is 3.11. The maximum Gasteiger partial charge on any atom is 0.255 e. The number of imidazole rings is 1. The Labute approximate surface area is 164 Å². The number of anilines is 1. The van der Waals surface area contributed by atoms with Crippen molar-refractivity contribution in [2.45, 2.75) is 12.3 Å². The molecule has 0 bridgehead atoms. The molecular weight excluding hydrogens is 382 g/mol. The summed E-state index contributed by atoms with van der Waals surface area (Å²) in [6.07, 6.45) is 1.50. The number of rotatable bonds is 5. The zero-order chi connectivity index (χ0) is 20.5. The second-order valence-electron chi connectivity index (χ2n) is 6.57. The Morgan fingerprint density at radius 2 is 2.00 bits per heavy atom. The maximum absolute atomic E-state index is 14.2. The van der Waals surface area contributed by atoms with E-state index >= 15 is 0 Å². The molecule has 2 amide bonds. The fourth-order valence-electron chi connectivity index (χ4n) is 3.29. The predicted molar refractivity (Wildman–Crippen MR) is 99.7 cm³/mol. The lowest BCUT2D eigenvalue weighted by atomic mass is 9.90. The molecule has 148 valence electrons. The summed E-state index contributed by atoms with van der Waals surface area (Å²) in [6.45, 7) is -0.237. The summed E-state index contributed by atoms with van der Waals surface area (Å²) in [7, 11) is 0. The molecule has 0 radical (unpaired) electrons. The van der Waals surface area contributed by atoms with E-state index in [0.717, 1.165) is 23.8 Å². The number of carbonyl (C=O) groups is 2. The number of halogens is 2. The number of primary amides is 1. The summed E-state index contributed by atoms with van der Waals surface area (Å²) in [5.74, 6) is -1.71. The molecule has 2 heterocycles. The zero-order valence-corrected chi connectivity index (χ0v) is 15.1. The molecule has 2 aromatic carbocycles. The van der Waals surface area contributed by atoms with Gasteiger partial charge in [0.25, 0.3) is 5.91 Å². The highest BCUT2D eigenvalue weighted by Gasteiger charge is 2.31. The van der Waals surface area contributed by atoms with Gasteiger partial charge in [0.2, 0.25) is 5.91 Å². The van der Waals surface area contributed by atoms with Crippen molar-refractivity contribution in [2.75, 3.05) is 11.9 Å². The van der Waals surface area contributed by atoms with Gasteiger partial charge in [0.15, 0.2) is 6.61 Å². The van der Waals surface area contributed by atoms with Crippen molar-refractivity contribution in [3.05, 3.63) is 71.7 Å². The van der Waals surface area contributed by atoms with Gasteiger partial charge in [-0.1, -0.05) is 12.1 Å². The van der Waals surface area contributed by atoms with E-state index in [0.29, 0.717) is 17.3 Å². The first kappa shape index (κ1) is 18.6. The minimum absolute atomic E-state index is 0.0464. The minimum Gasteiger partial charge on any atom is -0.484 e. The van der Waals surface area contributed by atoms with Gasteiger partial charge in [-0.15, -0.1) is 0 Å². The summed E-state index contributed by atoms with van der Waals surface area (Å²) in [6, 6.07) is 9.91. The second kappa shape index (κ2) is 7.34. The number of amides is 2. The van der Waals surface area contributed by atoms with Gasteiger partial charge in [-0.2, -0.15) is 0 Å². The van der Waals surface area contributed by atoms with Crippen LogP contribution in [-0.4, -0.2) is 28.0 Å². The molecule has 7 nitrogen and oxygen atoms in total. The highest BCUT2D eigenvalue weighted by Crippen LogP contribution is 2.38. The van der Waals surface area contributed by atoms with E-state index in [1.54, 1.807) is 24.3 Å². The van der Waals surface area contributed by atoms with Crippen LogP contribution in [0.4, 0.5) is 14.6 Å². The first-order valence-electron chi connectivity index (χ1n) is 8.76. The first-order valence-corrected chi connectivity index (χ1v) is 8.76. The molecule has 3 N–H and O–H groups in total. The topological polar surface area (TPSA) is 99.2 Å². The monoisotopic (exact) mass is 398 g/mol. The number of nitrogens with two attached hydrogens (primary N) is 1. The summed E-state index contributed by atoms with van der Waals surface area (Å²) < 4.78 is 34.4. The van der Waals surface area contributed by atoms with Crippen molar-refractivity contribution in [3.8, 4) is 11.4 Å². The molecule has 0 saturated carbocycles. The number of nitrogens with one attached hydrogen (secondary N) is 1. The number of hydrogen-bond donors (Lipinski definition) is 2. The molecule has 1 aromatic heterocycles. The van der Waals surface area contributed by atoms with Gasteiger partial charge in [0, 0.05) is 18.4 Å². The number of benzene rings is 2. The predicted octanol–water partition coefficient (Wildman–Crippen LogP) is 2.49. The number of hydrogen-bond acceptors (Lipinski definition) is 4. The first-order chi connectivity index (χ1) is 13.9. The molecule has 0 saturated heterocycles. The van der Waals surface area contributed by atoms with E-state index in [4.69, 9.17) is 10.5 Å². The average molecular weight is 398 g/mol. The van der Waals surface area contributed by atoms with Crippen LogP contribution in [0.15, 0.2) is 48.8 Å². The lowest BCUT2D eigenvalue weighted by Gasteiger charge is -2.23. The second-order valence-corrected chi connectivity index (χ2v) is 6.57. The lowest BCUT2D eigenvalue weighted by Crippen LogP contribution is -2.25. The Balaban J connectivity index is 1.69. The van der Waals surface area contributed by atoms with Crippen LogP contribution in [0.1, 0.15) is 23.6 Å². The molecule has 29 heavy (non-hydrogen) atoms. The Hall–Kier alpha value is -3.75. The molecule has 1 aliphatic rings. The standard InChI is InChI=1S/C20H16F2N4O3/c21-12-3-6-15(22)16(7-12)26-10-24-19-14(8-18(28)25-20(19)26)11-1-4-13(5-2-11)29-9-17(23)27/h1-7,10,14H,8-9H2,(H2,23,27)(H,25,28). The summed E-state index contributed by atoms with van der Waals surface area (Å²) in [4.78, 5) is 27.5. The van der Waals surface area contributed by atoms with Crippen LogP contribution in [0.5, 0.6) is 5.75 Å². The van der Waals surface area contributed by atoms with Gasteiger partial charge in [-0.3, -0.25) is 14.2 Å². The summed E-state index contributed by atoms with van der Waals surface area (Å²) in [5.41, 5.74) is 6.34. The molecule has 4 rings (SSSR count). The van der Waals surface area contributed by atoms with Gasteiger partial charge in [0.05, 0.1) is 11.4 Å². The van der Waals surface area contributed by atoms with Crippen LogP contribution < -0.4 is 15.8 Å². The molecule has 9 heteroatoms. The summed E-state index contributed by atoms with van der Waals surface area (Å²) in [5, 5.41) is 2.69. The third-order valence-electron chi connectivity index (χ3n) is 4.60. The van der Waals surface area contributed by atoms with Crippen molar-refractivity contribution in [1.29, 1.82) is 0 Å². The van der Waals surface area contributed by atoms with Crippen LogP contribution >= 0.6 is 0 Å². The largest absolute Gasteiger partial charge is 0.484 e. The Morgan fingerprint density at radius 1 is 1.24 bits per heavy atom. The fraction of sp³-hybridized carbons (Fsp3) is 0.150. The van der Waals surface area contributed by atoms with Crippen molar-refractivity contribution in [1.82, 2.24) is 9.55 Å². The number of carbonyl (C=O) groups excluding carboxylic acids is 2. The van der Waals surface area contributed by atoms with Crippen molar-refractivity contribution < 1.29 is 23.1 Å². The van der Waals surface area contributed by atoms with E-state index < -0.39 is 17.5 Å². The molecule has 1 unspecified atom stereocenters. The third kappa shape index (κ3) is 3.66. The molecule has 0 spiro atoms. The van der Waals surface area contributed by atoms with Crippen molar-refractivity contribution >= 4 is 17.6 Å². The smallest absolute Gasteiger partial charge is 0.255 e. The van der Waals surface area contributed by atoms with Crippen LogP contribution in [0.2, 0.25) is 0 Å². The van der Waals surface area contributed by atoms with Gasteiger partial charge in [0.1, 0.15) is 29.5 Å². The molecule has 1 aliphatic heterocycles. The summed E-state index contributed by atoms with van der Waals surface area (Å²) >= 11 is 0. The Kier molecular flexibility index (Phi) is 4.71. The highest BCUT2D eigenvalue weighted by molar-refractivity contribution is 5.94. The van der Waals surface area contributed by atoms with Crippen LogP contribution in [0.3, 0.4) is 0 Å². The number of aromatic nitrogens is 2. The maximum atomic E-state index is 14.2. The lowest BCUT2D eigenvalue weighted by molar-refractivity contribution is -0.120. The Morgan fingerprint density at radius 3 is 2.72 bits per heavy atom.